The van der Waals surface area contributed by atoms with Crippen molar-refractivity contribution in [3.8, 4) is 5.75 Å². The number of methoxy groups -OCH3 is 1. The van der Waals surface area contributed by atoms with Crippen LogP contribution in [0.1, 0.15) is 69.9 Å². The van der Waals surface area contributed by atoms with Crippen molar-refractivity contribution >= 4 is 10.0 Å². The number of benzene rings is 1. The number of likely N-dealkylation sites (tertiary alicyclic amines) is 1. The highest BCUT2D eigenvalue weighted by molar-refractivity contribution is 7.89. The van der Waals surface area contributed by atoms with E-state index in [1.807, 2.05) is 26.8 Å². The van der Waals surface area contributed by atoms with Gasteiger partial charge in [-0.1, -0.05) is 27.2 Å². The lowest BCUT2D eigenvalue weighted by atomic mass is 10.00. The third kappa shape index (κ3) is 5.69. The molecule has 6 heteroatoms. The molecule has 1 fully saturated rings. The first kappa shape index (κ1) is 22.2. The topological polar surface area (TPSA) is 58.6 Å². The summed E-state index contributed by atoms with van der Waals surface area (Å²) in [5.74, 6) is 0.941. The van der Waals surface area contributed by atoms with Gasteiger partial charge in [0.05, 0.1) is 12.0 Å². The second-order valence-electron chi connectivity index (χ2n) is 7.86. The Labute approximate surface area is 165 Å². The molecule has 1 heterocycles. The van der Waals surface area contributed by atoms with Crippen molar-refractivity contribution in [1.82, 2.24) is 9.62 Å². The average molecular weight is 397 g/mol. The summed E-state index contributed by atoms with van der Waals surface area (Å²) in [5, 5.41) is 0. The van der Waals surface area contributed by atoms with Crippen LogP contribution in [0.15, 0.2) is 17.0 Å². The molecule has 1 N–H and O–H groups in total. The van der Waals surface area contributed by atoms with Gasteiger partial charge >= 0.3 is 0 Å². The lowest BCUT2D eigenvalue weighted by Crippen LogP contribution is -2.40. The first-order chi connectivity index (χ1) is 12.8. The van der Waals surface area contributed by atoms with Crippen molar-refractivity contribution in [2.45, 2.75) is 76.7 Å². The monoisotopic (exact) mass is 396 g/mol. The van der Waals surface area contributed by atoms with Crippen molar-refractivity contribution in [2.75, 3.05) is 26.7 Å². The second-order valence-corrected chi connectivity index (χ2v) is 9.59. The number of hydrogen-bond acceptors (Lipinski definition) is 4. The number of piperidine rings is 1. The van der Waals surface area contributed by atoms with E-state index in [1.165, 1.54) is 25.7 Å². The number of nitrogens with one attached hydrogen (secondary N) is 1. The minimum atomic E-state index is -3.52. The van der Waals surface area contributed by atoms with Gasteiger partial charge in [-0.15, -0.1) is 0 Å². The van der Waals surface area contributed by atoms with Crippen LogP contribution < -0.4 is 9.46 Å². The zero-order chi connectivity index (χ0) is 20.0. The Morgan fingerprint density at radius 2 is 2.04 bits per heavy atom. The van der Waals surface area contributed by atoms with Crippen molar-refractivity contribution in [3.05, 3.63) is 23.3 Å². The molecule has 1 aliphatic rings. The van der Waals surface area contributed by atoms with Crippen LogP contribution in [0, 0.1) is 6.92 Å². The van der Waals surface area contributed by atoms with E-state index in [0.29, 0.717) is 23.0 Å². The molecule has 0 aliphatic carbocycles. The van der Waals surface area contributed by atoms with Gasteiger partial charge in [-0.25, -0.2) is 13.1 Å². The third-order valence-electron chi connectivity index (χ3n) is 5.57. The number of sulfonamides is 1. The number of aryl methyl sites for hydroxylation is 1. The van der Waals surface area contributed by atoms with Crippen LogP contribution in [-0.2, 0) is 10.0 Å². The molecular weight excluding hydrogens is 360 g/mol. The SMILES string of the molecule is CCC1CCCCN1CCCNS(=O)(=O)c1cc(C(C)C)c(OC)cc1C. The summed E-state index contributed by atoms with van der Waals surface area (Å²) in [7, 11) is -1.90. The molecule has 1 saturated heterocycles. The molecule has 0 spiro atoms. The van der Waals surface area contributed by atoms with E-state index in [-0.39, 0.29) is 5.92 Å². The highest BCUT2D eigenvalue weighted by Gasteiger charge is 2.22. The Morgan fingerprint density at radius 1 is 1.30 bits per heavy atom. The van der Waals surface area contributed by atoms with E-state index in [2.05, 4.69) is 16.5 Å². The minimum absolute atomic E-state index is 0.194. The van der Waals surface area contributed by atoms with E-state index in [9.17, 15) is 8.42 Å². The first-order valence-corrected chi connectivity index (χ1v) is 11.7. The highest BCUT2D eigenvalue weighted by atomic mass is 32.2. The van der Waals surface area contributed by atoms with Gasteiger partial charge in [-0.2, -0.15) is 0 Å². The Morgan fingerprint density at radius 3 is 2.67 bits per heavy atom. The van der Waals surface area contributed by atoms with Gasteiger partial charge in [0.25, 0.3) is 0 Å². The molecule has 1 aromatic rings. The predicted molar refractivity (Wildman–Crippen MR) is 111 cm³/mol. The molecule has 5 nitrogen and oxygen atoms in total. The number of ether oxygens (including phenoxy) is 1. The van der Waals surface area contributed by atoms with Gasteiger partial charge in [0.2, 0.25) is 10.0 Å². The van der Waals surface area contributed by atoms with Crippen molar-refractivity contribution < 1.29 is 13.2 Å². The summed E-state index contributed by atoms with van der Waals surface area (Å²) in [6.07, 6.45) is 5.85. The molecule has 0 saturated carbocycles. The lowest BCUT2D eigenvalue weighted by Gasteiger charge is -2.35. The van der Waals surface area contributed by atoms with Gasteiger partial charge in [0.1, 0.15) is 5.75 Å². The molecular formula is C21H36N2O3S. The number of rotatable bonds is 9. The fraction of sp³-hybridized carbons (Fsp3) is 0.714. The molecule has 1 aliphatic heterocycles. The summed E-state index contributed by atoms with van der Waals surface area (Å²) in [4.78, 5) is 2.88. The largest absolute Gasteiger partial charge is 0.496 e. The molecule has 1 aromatic carbocycles. The van der Waals surface area contributed by atoms with Crippen LogP contribution in [0.3, 0.4) is 0 Å². The van der Waals surface area contributed by atoms with Crippen LogP contribution in [0.5, 0.6) is 5.75 Å². The van der Waals surface area contributed by atoms with Crippen LogP contribution in [0.4, 0.5) is 0 Å². The summed E-state index contributed by atoms with van der Waals surface area (Å²) in [5.41, 5.74) is 1.63. The second kappa shape index (κ2) is 9.89. The zero-order valence-corrected chi connectivity index (χ0v) is 18.4. The maximum absolute atomic E-state index is 12.8. The Kier molecular flexibility index (Phi) is 8.13. The standard InChI is InChI=1S/C21H36N2O3S/c1-6-18-10-7-8-12-23(18)13-9-11-22-27(24,25)21-15-19(16(2)3)20(26-5)14-17(21)4/h14-16,18,22H,6-13H2,1-5H3. The third-order valence-corrected chi connectivity index (χ3v) is 7.18. The van der Waals surface area contributed by atoms with Crippen molar-refractivity contribution in [1.29, 1.82) is 0 Å². The van der Waals surface area contributed by atoms with E-state index in [0.717, 1.165) is 30.8 Å². The van der Waals surface area contributed by atoms with Gasteiger partial charge in [-0.3, -0.25) is 0 Å². The lowest BCUT2D eigenvalue weighted by molar-refractivity contribution is 0.143. The van der Waals surface area contributed by atoms with Crippen LogP contribution in [0.2, 0.25) is 0 Å². The van der Waals surface area contributed by atoms with E-state index in [4.69, 9.17) is 4.74 Å². The number of nitrogens with zero attached hydrogens (tertiary/aromatic N) is 1. The maximum Gasteiger partial charge on any atom is 0.240 e. The predicted octanol–water partition coefficient (Wildman–Crippen LogP) is 4.06. The fourth-order valence-electron chi connectivity index (χ4n) is 3.98. The van der Waals surface area contributed by atoms with Crippen molar-refractivity contribution in [3.63, 3.8) is 0 Å². The Hall–Kier alpha value is -1.11. The fourth-order valence-corrected chi connectivity index (χ4v) is 5.31. The minimum Gasteiger partial charge on any atom is -0.496 e. The molecule has 1 atom stereocenters. The highest BCUT2D eigenvalue weighted by Crippen LogP contribution is 2.31. The smallest absolute Gasteiger partial charge is 0.240 e. The molecule has 0 amide bonds. The molecule has 27 heavy (non-hydrogen) atoms. The van der Waals surface area contributed by atoms with Gasteiger partial charge in [0, 0.05) is 12.6 Å². The van der Waals surface area contributed by atoms with Crippen molar-refractivity contribution in [2.24, 2.45) is 0 Å². The van der Waals surface area contributed by atoms with Crippen LogP contribution >= 0.6 is 0 Å². The molecule has 154 valence electrons. The zero-order valence-electron chi connectivity index (χ0n) is 17.5. The van der Waals surface area contributed by atoms with Gasteiger partial charge < -0.3 is 9.64 Å². The van der Waals surface area contributed by atoms with E-state index >= 15 is 0 Å². The number of hydrogen-bond donors (Lipinski definition) is 1. The Bertz CT molecular complexity index is 716. The molecule has 0 bridgehead atoms. The van der Waals surface area contributed by atoms with Crippen LogP contribution in [-0.4, -0.2) is 46.1 Å². The molecule has 0 radical (unpaired) electrons. The summed E-state index contributed by atoms with van der Waals surface area (Å²) < 4.78 is 33.9. The quantitative estimate of drug-likeness (QED) is 0.640. The van der Waals surface area contributed by atoms with Crippen LogP contribution in [0.25, 0.3) is 0 Å². The normalized spacial score (nSPS) is 18.8. The first-order valence-electron chi connectivity index (χ1n) is 10.2. The van der Waals surface area contributed by atoms with E-state index < -0.39 is 10.0 Å². The summed E-state index contributed by atoms with van der Waals surface area (Å²) in [6.45, 7) is 10.7. The van der Waals surface area contributed by atoms with Gasteiger partial charge in [0.15, 0.2) is 0 Å². The average Bonchev–Trinajstić information content (AvgIpc) is 2.64. The Balaban J connectivity index is 2.01. The van der Waals surface area contributed by atoms with E-state index in [1.54, 1.807) is 13.2 Å². The maximum atomic E-state index is 12.8. The summed E-state index contributed by atoms with van der Waals surface area (Å²) in [6, 6.07) is 4.25. The summed E-state index contributed by atoms with van der Waals surface area (Å²) >= 11 is 0. The van der Waals surface area contributed by atoms with Gasteiger partial charge in [-0.05, 0) is 74.9 Å². The molecule has 0 aromatic heterocycles. The molecule has 2 rings (SSSR count). The molecule has 1 unspecified atom stereocenters.